The lowest BCUT2D eigenvalue weighted by molar-refractivity contribution is -0.124. The normalized spacial score (nSPS) is 24.4. The van der Waals surface area contributed by atoms with Gasteiger partial charge >= 0.3 is 0 Å². The number of likely N-dealkylation sites (tertiary alicyclic amines) is 1. The predicted octanol–water partition coefficient (Wildman–Crippen LogP) is 2.20. The summed E-state index contributed by atoms with van der Waals surface area (Å²) in [6.07, 6.45) is 1.57. The molecule has 0 aromatic heterocycles. The summed E-state index contributed by atoms with van der Waals surface area (Å²) in [6.45, 7) is 4.70. The third-order valence-electron chi connectivity index (χ3n) is 4.82. The summed E-state index contributed by atoms with van der Waals surface area (Å²) in [7, 11) is 1.91. The van der Waals surface area contributed by atoms with E-state index in [0.29, 0.717) is 5.56 Å². The molecule has 0 aliphatic carbocycles. The maximum atomic E-state index is 13.5. The Morgan fingerprint density at radius 2 is 2.13 bits per heavy atom. The number of carbonyl (C=O) groups excluding carboxylic acids is 1. The largest absolute Gasteiger partial charge is 0.350 e. The summed E-state index contributed by atoms with van der Waals surface area (Å²) in [4.78, 5) is 14.3. The molecule has 128 valence electrons. The first-order valence-electron chi connectivity index (χ1n) is 8.06. The Kier molecular flexibility index (Phi) is 5.70. The smallest absolute Gasteiger partial charge is 0.237 e. The zero-order valence-electron chi connectivity index (χ0n) is 13.9. The number of hydrogen-bond acceptors (Lipinski definition) is 3. The second-order valence-corrected chi connectivity index (χ2v) is 6.41. The van der Waals surface area contributed by atoms with Crippen LogP contribution in [0.25, 0.3) is 0 Å². The van der Waals surface area contributed by atoms with Crippen LogP contribution in [0.2, 0.25) is 0 Å². The number of hydrogen-bond donors (Lipinski definition) is 2. The van der Waals surface area contributed by atoms with Crippen molar-refractivity contribution in [1.82, 2.24) is 10.2 Å². The van der Waals surface area contributed by atoms with Crippen LogP contribution in [0.1, 0.15) is 38.3 Å². The van der Waals surface area contributed by atoms with Gasteiger partial charge in [0.05, 0.1) is 12.1 Å². The Labute approximate surface area is 136 Å². The second-order valence-electron chi connectivity index (χ2n) is 6.41. The van der Waals surface area contributed by atoms with E-state index in [-0.39, 0.29) is 23.9 Å². The molecule has 4 unspecified atom stereocenters. The molecule has 1 aromatic rings. The average molecular weight is 325 g/mol. The van der Waals surface area contributed by atoms with Gasteiger partial charge in [-0.3, -0.25) is 9.69 Å². The van der Waals surface area contributed by atoms with E-state index in [1.165, 1.54) is 6.07 Å². The zero-order chi connectivity index (χ0) is 17.1. The van der Waals surface area contributed by atoms with E-state index in [0.717, 1.165) is 25.5 Å². The van der Waals surface area contributed by atoms with E-state index in [1.807, 2.05) is 25.8 Å². The number of nitrogens with zero attached hydrogens (tertiary/aromatic N) is 1. The first-order valence-corrected chi connectivity index (χ1v) is 8.06. The number of amides is 1. The molecule has 1 heterocycles. The molecule has 3 N–H and O–H groups in total. The van der Waals surface area contributed by atoms with E-state index in [2.05, 4.69) is 5.32 Å². The van der Waals surface area contributed by atoms with E-state index in [1.54, 1.807) is 6.07 Å². The minimum absolute atomic E-state index is 0.0934. The maximum Gasteiger partial charge on any atom is 0.237 e. The molecule has 4 nitrogen and oxygen atoms in total. The lowest BCUT2D eigenvalue weighted by atomic mass is 9.96. The van der Waals surface area contributed by atoms with Gasteiger partial charge in [0.15, 0.2) is 11.6 Å². The fourth-order valence-electron chi connectivity index (χ4n) is 3.07. The van der Waals surface area contributed by atoms with Gasteiger partial charge < -0.3 is 11.1 Å². The van der Waals surface area contributed by atoms with Crippen molar-refractivity contribution in [3.63, 3.8) is 0 Å². The van der Waals surface area contributed by atoms with Crippen LogP contribution < -0.4 is 11.1 Å². The first kappa shape index (κ1) is 17.8. The fraction of sp³-hybridized carbons (Fsp3) is 0.588. The highest BCUT2D eigenvalue weighted by molar-refractivity contribution is 5.82. The predicted molar refractivity (Wildman–Crippen MR) is 85.7 cm³/mol. The molecule has 6 heteroatoms. The van der Waals surface area contributed by atoms with Crippen molar-refractivity contribution in [3.05, 3.63) is 35.4 Å². The van der Waals surface area contributed by atoms with Crippen LogP contribution in [0.4, 0.5) is 8.78 Å². The summed E-state index contributed by atoms with van der Waals surface area (Å²) in [5, 5.41) is 2.99. The van der Waals surface area contributed by atoms with Gasteiger partial charge in [-0.05, 0) is 37.1 Å². The molecule has 4 atom stereocenters. The maximum absolute atomic E-state index is 13.5. The van der Waals surface area contributed by atoms with Crippen molar-refractivity contribution >= 4 is 5.91 Å². The third kappa shape index (κ3) is 3.87. The summed E-state index contributed by atoms with van der Waals surface area (Å²) in [5.74, 6) is -1.83. The summed E-state index contributed by atoms with van der Waals surface area (Å²) >= 11 is 0. The van der Waals surface area contributed by atoms with Crippen LogP contribution >= 0.6 is 0 Å². The van der Waals surface area contributed by atoms with Gasteiger partial charge in [0, 0.05) is 12.6 Å². The molecule has 23 heavy (non-hydrogen) atoms. The SMILES string of the molecule is CCC(C)C(N)C(=O)NC1CCN(C)C1c1ccc(F)c(F)c1. The van der Waals surface area contributed by atoms with Gasteiger partial charge in [-0.2, -0.15) is 0 Å². The molecule has 0 radical (unpaired) electrons. The van der Waals surface area contributed by atoms with Crippen molar-refractivity contribution in [1.29, 1.82) is 0 Å². The van der Waals surface area contributed by atoms with E-state index >= 15 is 0 Å². The molecule has 2 rings (SSSR count). The molecule has 1 aliphatic rings. The minimum Gasteiger partial charge on any atom is -0.350 e. The van der Waals surface area contributed by atoms with E-state index in [9.17, 15) is 13.6 Å². The fourth-order valence-corrected chi connectivity index (χ4v) is 3.07. The highest BCUT2D eigenvalue weighted by atomic mass is 19.2. The average Bonchev–Trinajstić information content (AvgIpc) is 2.89. The number of benzene rings is 1. The molecular formula is C17H25F2N3O. The molecule has 1 aliphatic heterocycles. The van der Waals surface area contributed by atoms with Gasteiger partial charge in [0.2, 0.25) is 5.91 Å². The molecule has 0 bridgehead atoms. The first-order chi connectivity index (χ1) is 10.8. The Balaban J connectivity index is 2.15. The molecule has 1 fully saturated rings. The summed E-state index contributed by atoms with van der Waals surface area (Å²) in [6, 6.07) is 3.00. The number of likely N-dealkylation sites (N-methyl/N-ethyl adjacent to an activating group) is 1. The Hall–Kier alpha value is -1.53. The Morgan fingerprint density at radius 1 is 1.43 bits per heavy atom. The van der Waals surface area contributed by atoms with Crippen LogP contribution in [-0.2, 0) is 4.79 Å². The number of nitrogens with two attached hydrogens (primary N) is 1. The highest BCUT2D eigenvalue weighted by Crippen LogP contribution is 2.31. The summed E-state index contributed by atoms with van der Waals surface area (Å²) in [5.41, 5.74) is 6.64. The minimum atomic E-state index is -0.871. The molecule has 1 amide bonds. The van der Waals surface area contributed by atoms with Crippen LogP contribution in [-0.4, -0.2) is 36.5 Å². The molecular weight excluding hydrogens is 300 g/mol. The Bertz CT molecular complexity index is 567. The van der Waals surface area contributed by atoms with Crippen molar-refractivity contribution in [3.8, 4) is 0 Å². The molecule has 0 saturated carbocycles. The van der Waals surface area contributed by atoms with Crippen LogP contribution in [0.5, 0.6) is 0 Å². The number of nitrogens with one attached hydrogen (secondary N) is 1. The van der Waals surface area contributed by atoms with Crippen molar-refractivity contribution in [2.75, 3.05) is 13.6 Å². The van der Waals surface area contributed by atoms with Gasteiger partial charge in [-0.1, -0.05) is 26.3 Å². The van der Waals surface area contributed by atoms with Crippen molar-refractivity contribution in [2.24, 2.45) is 11.7 Å². The van der Waals surface area contributed by atoms with Gasteiger partial charge in [-0.15, -0.1) is 0 Å². The molecule has 1 aromatic carbocycles. The quantitative estimate of drug-likeness (QED) is 0.872. The lowest BCUT2D eigenvalue weighted by Crippen LogP contribution is -2.49. The number of carbonyl (C=O) groups is 1. The number of halogens is 2. The third-order valence-corrected chi connectivity index (χ3v) is 4.82. The topological polar surface area (TPSA) is 58.4 Å². The van der Waals surface area contributed by atoms with E-state index < -0.39 is 17.7 Å². The number of rotatable bonds is 5. The van der Waals surface area contributed by atoms with Crippen LogP contribution in [0, 0.1) is 17.6 Å². The Morgan fingerprint density at radius 3 is 2.74 bits per heavy atom. The molecule has 1 saturated heterocycles. The van der Waals surface area contributed by atoms with Crippen LogP contribution in [0.3, 0.4) is 0 Å². The second kappa shape index (κ2) is 7.36. The van der Waals surface area contributed by atoms with E-state index in [4.69, 9.17) is 5.73 Å². The zero-order valence-corrected chi connectivity index (χ0v) is 13.9. The lowest BCUT2D eigenvalue weighted by Gasteiger charge is -2.28. The van der Waals surface area contributed by atoms with Gasteiger partial charge in [0.1, 0.15) is 0 Å². The summed E-state index contributed by atoms with van der Waals surface area (Å²) < 4.78 is 26.7. The van der Waals surface area contributed by atoms with Crippen LogP contribution in [0.15, 0.2) is 18.2 Å². The highest BCUT2D eigenvalue weighted by Gasteiger charge is 2.35. The van der Waals surface area contributed by atoms with Crippen molar-refractivity contribution in [2.45, 2.75) is 44.8 Å². The monoisotopic (exact) mass is 325 g/mol. The van der Waals surface area contributed by atoms with Gasteiger partial charge in [0.25, 0.3) is 0 Å². The van der Waals surface area contributed by atoms with Crippen molar-refractivity contribution < 1.29 is 13.6 Å². The standard InChI is InChI=1S/C17H25F2N3O/c1-4-10(2)15(20)17(23)21-14-7-8-22(3)16(14)11-5-6-12(18)13(19)9-11/h5-6,9-10,14-16H,4,7-8,20H2,1-3H3,(H,21,23). The van der Waals surface area contributed by atoms with Gasteiger partial charge in [-0.25, -0.2) is 8.78 Å². The molecule has 0 spiro atoms.